The van der Waals surface area contributed by atoms with Gasteiger partial charge in [-0.25, -0.2) is 17.6 Å². The number of H-pyrrole nitrogens is 1. The van der Waals surface area contributed by atoms with Gasteiger partial charge in [0.2, 0.25) is 0 Å². The number of benzene rings is 1. The molecule has 112 valence electrons. The number of nitrogens with zero attached hydrogens (tertiary/aromatic N) is 1. The fourth-order valence-corrected chi connectivity index (χ4v) is 2.76. The van der Waals surface area contributed by atoms with Crippen molar-refractivity contribution in [3.05, 3.63) is 40.3 Å². The number of hydrogen-bond donors (Lipinski definition) is 3. The third-order valence-electron chi connectivity index (χ3n) is 2.49. The highest BCUT2D eigenvalue weighted by molar-refractivity contribution is 7.92. The van der Waals surface area contributed by atoms with Gasteiger partial charge >= 0.3 is 5.97 Å². The first kappa shape index (κ1) is 15.3. The molecular weight excluding hydrogens is 325 g/mol. The zero-order valence-corrected chi connectivity index (χ0v) is 12.1. The molecule has 0 unspecified atom stereocenters. The van der Waals surface area contributed by atoms with Crippen molar-refractivity contribution in [3.8, 4) is 0 Å². The van der Waals surface area contributed by atoms with Crippen LogP contribution >= 0.6 is 11.6 Å². The second-order valence-corrected chi connectivity index (χ2v) is 6.17. The molecule has 10 heteroatoms. The van der Waals surface area contributed by atoms with Crippen molar-refractivity contribution < 1.29 is 22.7 Å². The summed E-state index contributed by atoms with van der Waals surface area (Å²) >= 11 is 5.49. The van der Waals surface area contributed by atoms with Gasteiger partial charge in [-0.15, -0.1) is 0 Å². The molecular formula is C11H9ClFN3O4S. The summed E-state index contributed by atoms with van der Waals surface area (Å²) in [6.45, 7) is 1.66. The molecule has 0 aliphatic rings. The Balaban J connectivity index is 2.47. The number of rotatable bonds is 4. The van der Waals surface area contributed by atoms with Crippen LogP contribution in [0.2, 0.25) is 5.02 Å². The molecule has 0 aliphatic heterocycles. The Morgan fingerprint density at radius 2 is 2.10 bits per heavy atom. The summed E-state index contributed by atoms with van der Waals surface area (Å²) in [4.78, 5) is 10.4. The molecule has 0 amide bonds. The zero-order chi connectivity index (χ0) is 15.8. The average molecular weight is 334 g/mol. The summed E-state index contributed by atoms with van der Waals surface area (Å²) in [5.74, 6) is -2.68. The van der Waals surface area contributed by atoms with Crippen LogP contribution < -0.4 is 4.72 Å². The minimum Gasteiger partial charge on any atom is -0.478 e. The molecule has 1 heterocycles. The SMILES string of the molecule is Cc1cc(NS(=O)(=O)c2cc(F)c(Cl)c(C(=O)O)c2)n[nH]1. The number of hydrogen-bond acceptors (Lipinski definition) is 4. The molecule has 0 aliphatic carbocycles. The average Bonchev–Trinajstić information content (AvgIpc) is 2.76. The molecule has 7 nitrogen and oxygen atoms in total. The maximum atomic E-state index is 13.6. The van der Waals surface area contributed by atoms with Crippen LogP contribution in [0.15, 0.2) is 23.1 Å². The fourth-order valence-electron chi connectivity index (χ4n) is 1.54. The lowest BCUT2D eigenvalue weighted by molar-refractivity contribution is 0.0696. The summed E-state index contributed by atoms with van der Waals surface area (Å²) in [6.07, 6.45) is 0. The van der Waals surface area contributed by atoms with Crippen LogP contribution in [0.25, 0.3) is 0 Å². The van der Waals surface area contributed by atoms with Crippen LogP contribution in [-0.2, 0) is 10.0 Å². The number of halogens is 2. The van der Waals surface area contributed by atoms with Crippen LogP contribution in [0, 0.1) is 12.7 Å². The van der Waals surface area contributed by atoms with Crippen molar-refractivity contribution in [3.63, 3.8) is 0 Å². The smallest absolute Gasteiger partial charge is 0.337 e. The highest BCUT2D eigenvalue weighted by Crippen LogP contribution is 2.25. The van der Waals surface area contributed by atoms with Crippen molar-refractivity contribution in [1.82, 2.24) is 10.2 Å². The van der Waals surface area contributed by atoms with Gasteiger partial charge in [0.05, 0.1) is 15.5 Å². The van der Waals surface area contributed by atoms with Crippen LogP contribution in [0.3, 0.4) is 0 Å². The van der Waals surface area contributed by atoms with E-state index in [2.05, 4.69) is 14.9 Å². The Labute approximate surface area is 123 Å². The Morgan fingerprint density at radius 1 is 1.43 bits per heavy atom. The lowest BCUT2D eigenvalue weighted by Gasteiger charge is -2.08. The van der Waals surface area contributed by atoms with E-state index in [4.69, 9.17) is 16.7 Å². The summed E-state index contributed by atoms with van der Waals surface area (Å²) in [5.41, 5.74) is -0.0311. The number of carboxylic acids is 1. The Kier molecular flexibility index (Phi) is 3.88. The Morgan fingerprint density at radius 3 is 2.62 bits per heavy atom. The number of carbonyl (C=O) groups is 1. The van der Waals surface area contributed by atoms with E-state index in [1.807, 2.05) is 0 Å². The largest absolute Gasteiger partial charge is 0.478 e. The first-order valence-corrected chi connectivity index (χ1v) is 7.34. The molecule has 0 radical (unpaired) electrons. The Bertz CT molecular complexity index is 819. The van der Waals surface area contributed by atoms with Crippen LogP contribution in [0.4, 0.5) is 10.2 Å². The van der Waals surface area contributed by atoms with Gasteiger partial charge in [-0.3, -0.25) is 9.82 Å². The summed E-state index contributed by atoms with van der Waals surface area (Å²) in [7, 11) is -4.19. The van der Waals surface area contributed by atoms with Crippen LogP contribution in [-0.4, -0.2) is 29.7 Å². The molecule has 0 fully saturated rings. The molecule has 0 bridgehead atoms. The molecule has 0 spiro atoms. The fraction of sp³-hybridized carbons (Fsp3) is 0.0909. The number of aromatic carboxylic acids is 1. The van der Waals surface area contributed by atoms with Crippen molar-refractivity contribution in [2.24, 2.45) is 0 Å². The molecule has 1 aromatic heterocycles. The number of carboxylic acid groups (broad SMARTS) is 1. The predicted molar refractivity (Wildman–Crippen MR) is 72.5 cm³/mol. The van der Waals surface area contributed by atoms with Crippen molar-refractivity contribution in [2.45, 2.75) is 11.8 Å². The summed E-state index contributed by atoms with van der Waals surface area (Å²) in [5, 5.41) is 14.4. The minimum atomic E-state index is -4.19. The lowest BCUT2D eigenvalue weighted by Crippen LogP contribution is -2.15. The van der Waals surface area contributed by atoms with E-state index in [1.165, 1.54) is 6.07 Å². The second-order valence-electron chi connectivity index (χ2n) is 4.11. The number of aromatic amines is 1. The first-order chi connectivity index (χ1) is 9.70. The summed E-state index contributed by atoms with van der Waals surface area (Å²) < 4.78 is 39.8. The number of nitrogens with one attached hydrogen (secondary N) is 2. The van der Waals surface area contributed by atoms with E-state index in [-0.39, 0.29) is 5.82 Å². The van der Waals surface area contributed by atoms with Gasteiger partial charge in [0.15, 0.2) is 5.82 Å². The van der Waals surface area contributed by atoms with E-state index in [9.17, 15) is 17.6 Å². The highest BCUT2D eigenvalue weighted by Gasteiger charge is 2.22. The van der Waals surface area contributed by atoms with Crippen LogP contribution in [0.5, 0.6) is 0 Å². The highest BCUT2D eigenvalue weighted by atomic mass is 35.5. The van der Waals surface area contributed by atoms with E-state index in [0.29, 0.717) is 11.8 Å². The maximum absolute atomic E-state index is 13.6. The molecule has 2 aromatic rings. The van der Waals surface area contributed by atoms with Gasteiger partial charge in [0.1, 0.15) is 5.82 Å². The van der Waals surface area contributed by atoms with Crippen molar-refractivity contribution in [2.75, 3.05) is 4.72 Å². The van der Waals surface area contributed by atoms with Gasteiger partial charge in [0.25, 0.3) is 10.0 Å². The Hall–Kier alpha value is -2.13. The van der Waals surface area contributed by atoms with Gasteiger partial charge < -0.3 is 5.11 Å². The second kappa shape index (κ2) is 5.34. The molecule has 21 heavy (non-hydrogen) atoms. The molecule has 0 atom stereocenters. The standard InChI is InChI=1S/C11H9ClFN3O4S/c1-5-2-9(15-14-5)16-21(19,20)6-3-7(11(17)18)10(12)8(13)4-6/h2-4H,1H3,(H,17,18)(H2,14,15,16). The molecule has 1 aromatic carbocycles. The van der Waals surface area contributed by atoms with Gasteiger partial charge in [-0.05, 0) is 19.1 Å². The topological polar surface area (TPSA) is 112 Å². The maximum Gasteiger partial charge on any atom is 0.337 e. The normalized spacial score (nSPS) is 11.4. The molecule has 0 saturated carbocycles. The number of sulfonamides is 1. The quantitative estimate of drug-likeness (QED) is 0.792. The monoisotopic (exact) mass is 333 g/mol. The molecule has 3 N–H and O–H groups in total. The van der Waals surface area contributed by atoms with E-state index >= 15 is 0 Å². The predicted octanol–water partition coefficient (Wildman–Crippen LogP) is 2.01. The van der Waals surface area contributed by atoms with Crippen molar-refractivity contribution >= 4 is 33.4 Å². The lowest BCUT2D eigenvalue weighted by atomic mass is 10.2. The minimum absolute atomic E-state index is 0.000247. The molecule has 0 saturated heterocycles. The zero-order valence-electron chi connectivity index (χ0n) is 10.5. The molecule has 2 rings (SSSR count). The number of anilines is 1. The van der Waals surface area contributed by atoms with Gasteiger partial charge in [-0.1, -0.05) is 11.6 Å². The van der Waals surface area contributed by atoms with Gasteiger partial charge in [0, 0.05) is 11.8 Å². The first-order valence-electron chi connectivity index (χ1n) is 5.48. The number of aryl methyl sites for hydroxylation is 1. The van der Waals surface area contributed by atoms with Crippen LogP contribution in [0.1, 0.15) is 16.1 Å². The third-order valence-corrected chi connectivity index (χ3v) is 4.21. The third kappa shape index (κ3) is 3.14. The van der Waals surface area contributed by atoms with E-state index in [1.54, 1.807) is 6.92 Å². The van der Waals surface area contributed by atoms with Gasteiger partial charge in [-0.2, -0.15) is 5.10 Å². The number of aromatic nitrogens is 2. The summed E-state index contributed by atoms with van der Waals surface area (Å²) in [6, 6.07) is 2.83. The van der Waals surface area contributed by atoms with E-state index < -0.39 is 37.3 Å². The van der Waals surface area contributed by atoms with Crippen molar-refractivity contribution in [1.29, 1.82) is 0 Å². The van der Waals surface area contributed by atoms with E-state index in [0.717, 1.165) is 6.07 Å².